The van der Waals surface area contributed by atoms with E-state index in [0.717, 1.165) is 6.07 Å². The van der Waals surface area contributed by atoms with Crippen LogP contribution in [0.1, 0.15) is 21.6 Å². The lowest BCUT2D eigenvalue weighted by Gasteiger charge is -2.08. The molecule has 2 N–H and O–H groups in total. The highest BCUT2D eigenvalue weighted by molar-refractivity contribution is 6.35. The van der Waals surface area contributed by atoms with Gasteiger partial charge in [0.05, 0.1) is 11.3 Å². The van der Waals surface area contributed by atoms with E-state index in [1.54, 1.807) is 18.2 Å². The summed E-state index contributed by atoms with van der Waals surface area (Å²) in [5.41, 5.74) is 6.33. The summed E-state index contributed by atoms with van der Waals surface area (Å²) in [5, 5.41) is 0.921. The maximum atomic E-state index is 13.2. The topological polar surface area (TPSA) is 56.0 Å². The van der Waals surface area contributed by atoms with Gasteiger partial charge in [0, 0.05) is 16.5 Å². The molecule has 0 fully saturated rings. The first-order valence-electron chi connectivity index (χ1n) is 5.36. The van der Waals surface area contributed by atoms with E-state index in [1.807, 2.05) is 0 Å². The monoisotopic (exact) mass is 298 g/mol. The quantitative estimate of drug-likeness (QED) is 0.885. The number of hydrogen-bond donors (Lipinski definition) is 1. The van der Waals surface area contributed by atoms with E-state index in [9.17, 15) is 9.18 Å². The van der Waals surface area contributed by atoms with E-state index >= 15 is 0 Å². The van der Waals surface area contributed by atoms with Gasteiger partial charge in [-0.1, -0.05) is 29.3 Å². The van der Waals surface area contributed by atoms with Gasteiger partial charge in [0.15, 0.2) is 0 Å². The normalized spacial score (nSPS) is 10.5. The number of benzene rings is 1. The van der Waals surface area contributed by atoms with E-state index in [0.29, 0.717) is 15.6 Å². The molecule has 2 rings (SSSR count). The minimum absolute atomic E-state index is 0.174. The molecular weight excluding hydrogens is 290 g/mol. The third-order valence-electron chi connectivity index (χ3n) is 2.58. The van der Waals surface area contributed by atoms with Crippen LogP contribution in [0.3, 0.4) is 0 Å². The fourth-order valence-electron chi connectivity index (χ4n) is 1.68. The molecule has 1 heterocycles. The molecule has 0 aliphatic heterocycles. The molecule has 1 aromatic carbocycles. The van der Waals surface area contributed by atoms with Crippen molar-refractivity contribution in [1.82, 2.24) is 4.98 Å². The lowest BCUT2D eigenvalue weighted by Crippen LogP contribution is -2.15. The highest BCUT2D eigenvalue weighted by Gasteiger charge is 2.13. The van der Waals surface area contributed by atoms with Crippen LogP contribution < -0.4 is 5.73 Å². The van der Waals surface area contributed by atoms with Crippen molar-refractivity contribution in [3.63, 3.8) is 0 Å². The third-order valence-corrected chi connectivity index (χ3v) is 3.17. The lowest BCUT2D eigenvalue weighted by molar-refractivity contribution is 0.0999. The Bertz CT molecular complexity index is 647. The van der Waals surface area contributed by atoms with E-state index in [4.69, 9.17) is 28.9 Å². The Kier molecular flexibility index (Phi) is 4.02. The second-order valence-corrected chi connectivity index (χ2v) is 4.75. The predicted octanol–water partition coefficient (Wildman–Crippen LogP) is 3.22. The van der Waals surface area contributed by atoms with Crippen LogP contribution in [0.25, 0.3) is 0 Å². The number of carbonyl (C=O) groups excluding carboxylic acids is 1. The first-order chi connectivity index (χ1) is 8.97. The summed E-state index contributed by atoms with van der Waals surface area (Å²) in [7, 11) is 0. The minimum atomic E-state index is -0.676. The maximum Gasteiger partial charge on any atom is 0.250 e. The molecule has 0 bridgehead atoms. The van der Waals surface area contributed by atoms with E-state index in [1.165, 1.54) is 6.07 Å². The number of aromatic nitrogens is 1. The SMILES string of the molecule is NC(=O)c1ccc(F)nc1Cc1ccc(Cl)cc1Cl. The highest BCUT2D eigenvalue weighted by atomic mass is 35.5. The highest BCUT2D eigenvalue weighted by Crippen LogP contribution is 2.24. The van der Waals surface area contributed by atoms with E-state index in [-0.39, 0.29) is 17.7 Å². The van der Waals surface area contributed by atoms with Crippen LogP contribution >= 0.6 is 23.2 Å². The molecule has 1 aromatic heterocycles. The van der Waals surface area contributed by atoms with Gasteiger partial charge in [0.2, 0.25) is 5.95 Å². The first-order valence-corrected chi connectivity index (χ1v) is 6.12. The molecule has 0 radical (unpaired) electrons. The molecular formula is C13H9Cl2FN2O. The van der Waals surface area contributed by atoms with E-state index in [2.05, 4.69) is 4.98 Å². The van der Waals surface area contributed by atoms with Crippen molar-refractivity contribution in [2.75, 3.05) is 0 Å². The zero-order valence-electron chi connectivity index (χ0n) is 9.66. The van der Waals surface area contributed by atoms with Crippen LogP contribution in [-0.4, -0.2) is 10.9 Å². The number of nitrogens with two attached hydrogens (primary N) is 1. The molecule has 2 aromatic rings. The molecule has 19 heavy (non-hydrogen) atoms. The molecule has 0 saturated heterocycles. The smallest absolute Gasteiger partial charge is 0.250 e. The molecule has 0 aliphatic carbocycles. The van der Waals surface area contributed by atoms with Gasteiger partial charge >= 0.3 is 0 Å². The molecule has 0 saturated carbocycles. The van der Waals surface area contributed by atoms with Crippen molar-refractivity contribution in [1.29, 1.82) is 0 Å². The van der Waals surface area contributed by atoms with Crippen molar-refractivity contribution in [3.8, 4) is 0 Å². The van der Waals surface area contributed by atoms with Crippen LogP contribution in [0.4, 0.5) is 4.39 Å². The molecule has 6 heteroatoms. The molecule has 0 spiro atoms. The molecule has 3 nitrogen and oxygen atoms in total. The average Bonchev–Trinajstić information content (AvgIpc) is 2.32. The van der Waals surface area contributed by atoms with Crippen molar-refractivity contribution in [2.45, 2.75) is 6.42 Å². The maximum absolute atomic E-state index is 13.2. The summed E-state index contributed by atoms with van der Waals surface area (Å²) >= 11 is 11.8. The number of rotatable bonds is 3. The number of amides is 1. The Hall–Kier alpha value is -1.65. The lowest BCUT2D eigenvalue weighted by atomic mass is 10.0. The molecule has 0 atom stereocenters. The zero-order chi connectivity index (χ0) is 14.0. The fraction of sp³-hybridized carbons (Fsp3) is 0.0769. The summed E-state index contributed by atoms with van der Waals surface area (Å²) < 4.78 is 13.2. The van der Waals surface area contributed by atoms with E-state index < -0.39 is 11.9 Å². The Balaban J connectivity index is 2.42. The fourth-order valence-corrected chi connectivity index (χ4v) is 2.15. The van der Waals surface area contributed by atoms with Crippen molar-refractivity contribution in [3.05, 3.63) is 63.1 Å². The second kappa shape index (κ2) is 5.55. The third kappa shape index (κ3) is 3.22. The summed E-state index contributed by atoms with van der Waals surface area (Å²) in [6.07, 6.45) is 0.200. The molecule has 98 valence electrons. The average molecular weight is 299 g/mol. The van der Waals surface area contributed by atoms with Crippen molar-refractivity contribution in [2.24, 2.45) is 5.73 Å². The van der Waals surface area contributed by atoms with Gasteiger partial charge in [-0.25, -0.2) is 4.98 Å². The molecule has 1 amide bonds. The van der Waals surface area contributed by atoms with Crippen LogP contribution in [0.2, 0.25) is 10.0 Å². The number of hydrogen-bond acceptors (Lipinski definition) is 2. The summed E-state index contributed by atoms with van der Waals surface area (Å²) in [6, 6.07) is 7.33. The largest absolute Gasteiger partial charge is 0.366 e. The van der Waals surface area contributed by atoms with Crippen LogP contribution in [0.15, 0.2) is 30.3 Å². The van der Waals surface area contributed by atoms with Crippen LogP contribution in [0.5, 0.6) is 0 Å². The van der Waals surface area contributed by atoms with Gasteiger partial charge in [-0.15, -0.1) is 0 Å². The number of carbonyl (C=O) groups is 1. The second-order valence-electron chi connectivity index (χ2n) is 3.90. The summed E-state index contributed by atoms with van der Waals surface area (Å²) in [5.74, 6) is -1.34. The van der Waals surface area contributed by atoms with Gasteiger partial charge in [-0.3, -0.25) is 4.79 Å². The van der Waals surface area contributed by atoms with Crippen LogP contribution in [-0.2, 0) is 6.42 Å². The first kappa shape index (κ1) is 13.8. The summed E-state index contributed by atoms with van der Waals surface area (Å²) in [6.45, 7) is 0. The number of halogens is 3. The number of pyridine rings is 1. The Labute approximate surface area is 119 Å². The van der Waals surface area contributed by atoms with Crippen LogP contribution in [0, 0.1) is 5.95 Å². The Morgan fingerprint density at radius 2 is 2.00 bits per heavy atom. The molecule has 0 aliphatic rings. The van der Waals surface area contributed by atoms with Gasteiger partial charge in [0.1, 0.15) is 0 Å². The van der Waals surface area contributed by atoms with Crippen molar-refractivity contribution >= 4 is 29.1 Å². The Morgan fingerprint density at radius 1 is 1.26 bits per heavy atom. The molecule has 0 unspecified atom stereocenters. The summed E-state index contributed by atoms with van der Waals surface area (Å²) in [4.78, 5) is 15.0. The number of primary amides is 1. The predicted molar refractivity (Wildman–Crippen MR) is 72.0 cm³/mol. The standard InChI is InChI=1S/C13H9Cl2FN2O/c14-8-2-1-7(10(15)6-8)5-11-9(13(17)19)3-4-12(16)18-11/h1-4,6H,5H2,(H2,17,19). The van der Waals surface area contributed by atoms with Gasteiger partial charge in [-0.2, -0.15) is 4.39 Å². The minimum Gasteiger partial charge on any atom is -0.366 e. The van der Waals surface area contributed by atoms with Crippen molar-refractivity contribution < 1.29 is 9.18 Å². The van der Waals surface area contributed by atoms with Gasteiger partial charge in [-0.05, 0) is 29.8 Å². The Morgan fingerprint density at radius 3 is 2.63 bits per heavy atom. The zero-order valence-corrected chi connectivity index (χ0v) is 11.2. The van der Waals surface area contributed by atoms with Gasteiger partial charge in [0.25, 0.3) is 5.91 Å². The number of nitrogens with zero attached hydrogens (tertiary/aromatic N) is 1. The van der Waals surface area contributed by atoms with Gasteiger partial charge < -0.3 is 5.73 Å².